The van der Waals surface area contributed by atoms with Crippen molar-refractivity contribution in [3.63, 3.8) is 0 Å². The second kappa shape index (κ2) is 4.91. The fourth-order valence-electron chi connectivity index (χ4n) is 1.67. The van der Waals surface area contributed by atoms with Gasteiger partial charge >= 0.3 is 0 Å². The maximum atomic E-state index is 13.4. The number of ketones is 1. The molecule has 86 valence electrons. The van der Waals surface area contributed by atoms with E-state index in [0.29, 0.717) is 0 Å². The van der Waals surface area contributed by atoms with Crippen molar-refractivity contribution in [2.45, 2.75) is 13.3 Å². The Morgan fingerprint density at radius 1 is 1.06 bits per heavy atom. The zero-order valence-electron chi connectivity index (χ0n) is 9.61. The van der Waals surface area contributed by atoms with Crippen molar-refractivity contribution in [2.24, 2.45) is 0 Å². The summed E-state index contributed by atoms with van der Waals surface area (Å²) in [4.78, 5) is 11.9. The second-order valence-corrected chi connectivity index (χ2v) is 4.07. The molecule has 0 saturated carbocycles. The first-order valence-corrected chi connectivity index (χ1v) is 5.50. The molecule has 2 aromatic rings. The fourth-order valence-corrected chi connectivity index (χ4v) is 1.67. The smallest absolute Gasteiger partial charge is 0.170 e. The Balaban J connectivity index is 2.17. The van der Waals surface area contributed by atoms with Crippen molar-refractivity contribution in [3.05, 3.63) is 71.0 Å². The third-order valence-corrected chi connectivity index (χ3v) is 2.66. The maximum absolute atomic E-state index is 13.4. The minimum Gasteiger partial charge on any atom is -0.294 e. The first-order chi connectivity index (χ1) is 8.16. The Kier molecular flexibility index (Phi) is 3.33. The predicted octanol–water partition coefficient (Wildman–Crippen LogP) is 3.56. The molecule has 0 heterocycles. The lowest BCUT2D eigenvalue weighted by molar-refractivity contribution is 0.0989. The molecule has 0 aliphatic rings. The van der Waals surface area contributed by atoms with Crippen molar-refractivity contribution in [1.29, 1.82) is 0 Å². The summed E-state index contributed by atoms with van der Waals surface area (Å²) in [6, 6.07) is 13.8. The molecule has 2 heteroatoms. The number of carbonyl (C=O) groups excluding carboxylic acids is 1. The number of aryl methyl sites for hydroxylation is 1. The normalized spacial score (nSPS) is 10.2. The summed E-state index contributed by atoms with van der Waals surface area (Å²) in [5.74, 6) is -0.642. The Morgan fingerprint density at radius 3 is 2.35 bits per heavy atom. The van der Waals surface area contributed by atoms with E-state index in [4.69, 9.17) is 0 Å². The van der Waals surface area contributed by atoms with Crippen LogP contribution in [0.3, 0.4) is 0 Å². The molecule has 17 heavy (non-hydrogen) atoms. The van der Waals surface area contributed by atoms with Crippen LogP contribution in [0, 0.1) is 12.7 Å². The van der Waals surface area contributed by atoms with Crippen molar-refractivity contribution >= 4 is 5.78 Å². The van der Waals surface area contributed by atoms with Gasteiger partial charge in [0.25, 0.3) is 0 Å². The van der Waals surface area contributed by atoms with Gasteiger partial charge in [-0.25, -0.2) is 4.39 Å². The molecule has 0 amide bonds. The summed E-state index contributed by atoms with van der Waals surface area (Å²) in [5.41, 5.74) is 2.21. The van der Waals surface area contributed by atoms with Crippen LogP contribution in [0.25, 0.3) is 0 Å². The van der Waals surface area contributed by atoms with E-state index in [1.807, 2.05) is 31.2 Å². The molecule has 2 rings (SSSR count). The molecule has 0 radical (unpaired) electrons. The van der Waals surface area contributed by atoms with Crippen LogP contribution in [0.5, 0.6) is 0 Å². The van der Waals surface area contributed by atoms with Gasteiger partial charge in [-0.3, -0.25) is 4.79 Å². The van der Waals surface area contributed by atoms with Crippen LogP contribution in [0.1, 0.15) is 21.5 Å². The first kappa shape index (κ1) is 11.5. The van der Waals surface area contributed by atoms with Crippen molar-refractivity contribution in [2.75, 3.05) is 0 Å². The van der Waals surface area contributed by atoms with Crippen LogP contribution in [0.4, 0.5) is 4.39 Å². The molecule has 0 spiro atoms. The van der Waals surface area contributed by atoms with Crippen LogP contribution < -0.4 is 0 Å². The molecule has 0 aliphatic heterocycles. The average molecular weight is 228 g/mol. The van der Waals surface area contributed by atoms with Gasteiger partial charge in [0.05, 0.1) is 5.56 Å². The van der Waals surface area contributed by atoms with Gasteiger partial charge in [-0.05, 0) is 24.6 Å². The molecule has 0 aliphatic carbocycles. The maximum Gasteiger partial charge on any atom is 0.170 e. The Morgan fingerprint density at radius 2 is 1.71 bits per heavy atom. The predicted molar refractivity (Wildman–Crippen MR) is 65.6 cm³/mol. The van der Waals surface area contributed by atoms with E-state index in [2.05, 4.69) is 0 Å². The molecule has 0 atom stereocenters. The van der Waals surface area contributed by atoms with E-state index in [1.165, 1.54) is 12.1 Å². The van der Waals surface area contributed by atoms with E-state index in [9.17, 15) is 9.18 Å². The van der Waals surface area contributed by atoms with Gasteiger partial charge in [0.2, 0.25) is 0 Å². The Hall–Kier alpha value is -1.96. The molecule has 0 bridgehead atoms. The molecule has 0 saturated heterocycles. The summed E-state index contributed by atoms with van der Waals surface area (Å²) in [6.07, 6.45) is 0.237. The monoisotopic (exact) mass is 228 g/mol. The molecule has 0 N–H and O–H groups in total. The second-order valence-electron chi connectivity index (χ2n) is 4.07. The summed E-state index contributed by atoms with van der Waals surface area (Å²) in [5, 5.41) is 0. The number of hydrogen-bond acceptors (Lipinski definition) is 1. The summed E-state index contributed by atoms with van der Waals surface area (Å²) in [6.45, 7) is 1.99. The molecular weight excluding hydrogens is 215 g/mol. The average Bonchev–Trinajstić information content (AvgIpc) is 2.32. The van der Waals surface area contributed by atoms with E-state index in [-0.39, 0.29) is 17.8 Å². The quantitative estimate of drug-likeness (QED) is 0.734. The van der Waals surface area contributed by atoms with Gasteiger partial charge in [-0.2, -0.15) is 0 Å². The summed E-state index contributed by atoms with van der Waals surface area (Å²) < 4.78 is 13.4. The SMILES string of the molecule is Cc1ccc(CC(=O)c2ccccc2F)cc1. The van der Waals surface area contributed by atoms with E-state index in [1.54, 1.807) is 12.1 Å². The van der Waals surface area contributed by atoms with Crippen LogP contribution >= 0.6 is 0 Å². The minimum atomic E-state index is -0.454. The zero-order valence-corrected chi connectivity index (χ0v) is 9.61. The van der Waals surface area contributed by atoms with Gasteiger partial charge in [0.1, 0.15) is 5.82 Å². The first-order valence-electron chi connectivity index (χ1n) is 5.50. The Labute approximate surface area is 99.9 Å². The molecule has 1 nitrogen and oxygen atoms in total. The Bertz CT molecular complexity index is 529. The number of carbonyl (C=O) groups is 1. The molecule has 0 unspecified atom stereocenters. The highest BCUT2D eigenvalue weighted by Gasteiger charge is 2.11. The minimum absolute atomic E-state index is 0.160. The van der Waals surface area contributed by atoms with E-state index < -0.39 is 5.82 Å². The number of hydrogen-bond donors (Lipinski definition) is 0. The lowest BCUT2D eigenvalue weighted by Crippen LogP contribution is -2.05. The van der Waals surface area contributed by atoms with E-state index >= 15 is 0 Å². The van der Waals surface area contributed by atoms with Crippen molar-refractivity contribution in [1.82, 2.24) is 0 Å². The zero-order chi connectivity index (χ0) is 12.3. The molecule has 0 fully saturated rings. The highest BCUT2D eigenvalue weighted by molar-refractivity contribution is 5.97. The molecular formula is C15H13FO. The molecule has 0 aromatic heterocycles. The highest BCUT2D eigenvalue weighted by atomic mass is 19.1. The van der Waals surface area contributed by atoms with Gasteiger partial charge in [0.15, 0.2) is 5.78 Å². The topological polar surface area (TPSA) is 17.1 Å². The summed E-state index contributed by atoms with van der Waals surface area (Å²) in [7, 11) is 0. The van der Waals surface area contributed by atoms with Gasteiger partial charge in [-0.15, -0.1) is 0 Å². The number of benzene rings is 2. The largest absolute Gasteiger partial charge is 0.294 e. The van der Waals surface area contributed by atoms with E-state index in [0.717, 1.165) is 11.1 Å². The lowest BCUT2D eigenvalue weighted by Gasteiger charge is -2.03. The summed E-state index contributed by atoms with van der Waals surface area (Å²) >= 11 is 0. The third-order valence-electron chi connectivity index (χ3n) is 2.66. The van der Waals surface area contributed by atoms with Crippen LogP contribution in [-0.2, 0) is 6.42 Å². The van der Waals surface area contributed by atoms with Gasteiger partial charge < -0.3 is 0 Å². The third kappa shape index (κ3) is 2.78. The van der Waals surface area contributed by atoms with Crippen molar-refractivity contribution < 1.29 is 9.18 Å². The lowest BCUT2D eigenvalue weighted by atomic mass is 10.0. The fraction of sp³-hybridized carbons (Fsp3) is 0.133. The molecule has 2 aromatic carbocycles. The number of halogens is 1. The van der Waals surface area contributed by atoms with Crippen LogP contribution in [0.2, 0.25) is 0 Å². The van der Waals surface area contributed by atoms with Gasteiger partial charge in [0, 0.05) is 6.42 Å². The van der Waals surface area contributed by atoms with Gasteiger partial charge in [-0.1, -0.05) is 42.0 Å². The van der Waals surface area contributed by atoms with Crippen molar-refractivity contribution in [3.8, 4) is 0 Å². The number of Topliss-reactive ketones (excluding diaryl/α,β-unsaturated/α-hetero) is 1. The highest BCUT2D eigenvalue weighted by Crippen LogP contribution is 2.11. The van der Waals surface area contributed by atoms with Crippen LogP contribution in [0.15, 0.2) is 48.5 Å². The number of rotatable bonds is 3. The standard InChI is InChI=1S/C15H13FO/c1-11-6-8-12(9-7-11)10-15(17)13-4-2-3-5-14(13)16/h2-9H,10H2,1H3. The van der Waals surface area contributed by atoms with Crippen LogP contribution in [-0.4, -0.2) is 5.78 Å².